The van der Waals surface area contributed by atoms with E-state index in [4.69, 9.17) is 0 Å². The van der Waals surface area contributed by atoms with Crippen LogP contribution in [0.15, 0.2) is 188 Å². The quantitative estimate of drug-likeness (QED) is 0.154. The van der Waals surface area contributed by atoms with Crippen LogP contribution in [-0.4, -0.2) is 11.3 Å². The average molecular weight is 1090 g/mol. The maximum atomic E-state index is 2.68. The Hall–Kier alpha value is -7.76. The Balaban J connectivity index is 1.12. The molecule has 0 radical (unpaired) electrons. The Bertz CT molecular complexity index is 4190. The van der Waals surface area contributed by atoms with Crippen LogP contribution in [0.3, 0.4) is 0 Å². The molecule has 3 heterocycles. The summed E-state index contributed by atoms with van der Waals surface area (Å²) < 4.78 is 2.44. The highest BCUT2D eigenvalue weighted by molar-refractivity contribution is 7.00. The first-order chi connectivity index (χ1) is 39.2. The molecule has 0 amide bonds. The fourth-order valence-corrected chi connectivity index (χ4v) is 13.9. The molecule has 5 heteroatoms. The van der Waals surface area contributed by atoms with E-state index in [1.54, 1.807) is 0 Å². The molecule has 0 saturated heterocycles. The van der Waals surface area contributed by atoms with E-state index in [1.165, 1.54) is 106 Å². The van der Waals surface area contributed by atoms with E-state index >= 15 is 0 Å². The van der Waals surface area contributed by atoms with Gasteiger partial charge in [0.05, 0.1) is 11.0 Å². The predicted octanol–water partition coefficient (Wildman–Crippen LogP) is 19.9. The van der Waals surface area contributed by atoms with Gasteiger partial charge in [-0.25, -0.2) is 0 Å². The lowest BCUT2D eigenvalue weighted by Gasteiger charge is -2.46. The number of hydrogen-bond donors (Lipinski definition) is 0. The molecule has 0 saturated carbocycles. The zero-order valence-corrected chi connectivity index (χ0v) is 52.2. The Kier molecular flexibility index (Phi) is 12.4. The molecule has 13 rings (SSSR count). The van der Waals surface area contributed by atoms with Crippen molar-refractivity contribution in [3.63, 3.8) is 0 Å². The monoisotopic (exact) mass is 1090 g/mol. The minimum absolute atomic E-state index is 0.00335. The summed E-state index contributed by atoms with van der Waals surface area (Å²) in [6, 6.07) is 73.1. The van der Waals surface area contributed by atoms with Gasteiger partial charge in [0.1, 0.15) is 0 Å². The van der Waals surface area contributed by atoms with Crippen LogP contribution in [0.2, 0.25) is 0 Å². The lowest BCUT2D eigenvalue weighted by molar-refractivity contribution is 0.332. The second-order valence-corrected chi connectivity index (χ2v) is 29.9. The molecule has 83 heavy (non-hydrogen) atoms. The van der Waals surface area contributed by atoms with Gasteiger partial charge in [-0.2, -0.15) is 0 Å². The Morgan fingerprint density at radius 1 is 0.361 bits per heavy atom. The van der Waals surface area contributed by atoms with Crippen molar-refractivity contribution < 1.29 is 0 Å². The number of fused-ring (bicyclic) bond motifs is 8. The van der Waals surface area contributed by atoms with Gasteiger partial charge in [0.2, 0.25) is 0 Å². The molecule has 1 aliphatic carbocycles. The van der Waals surface area contributed by atoms with E-state index in [0.29, 0.717) is 0 Å². The summed E-state index contributed by atoms with van der Waals surface area (Å²) in [4.78, 5) is 7.79. The fourth-order valence-electron chi connectivity index (χ4n) is 13.9. The summed E-state index contributed by atoms with van der Waals surface area (Å²) in [6.45, 7) is 37.8. The molecule has 0 spiro atoms. The Morgan fingerprint density at radius 2 is 0.880 bits per heavy atom. The van der Waals surface area contributed by atoms with Gasteiger partial charge in [0, 0.05) is 67.6 Å². The van der Waals surface area contributed by atoms with Crippen molar-refractivity contribution in [1.82, 2.24) is 4.57 Å². The Labute approximate surface area is 495 Å². The second-order valence-electron chi connectivity index (χ2n) is 29.9. The minimum atomic E-state index is -0.161. The van der Waals surface area contributed by atoms with Crippen molar-refractivity contribution in [3.05, 3.63) is 221 Å². The van der Waals surface area contributed by atoms with Crippen LogP contribution in [0, 0.1) is 0 Å². The third-order valence-corrected chi connectivity index (χ3v) is 19.1. The zero-order chi connectivity index (χ0) is 58.5. The van der Waals surface area contributed by atoms with Gasteiger partial charge in [0.25, 0.3) is 6.71 Å². The molecule has 0 unspecified atom stereocenters. The molecule has 9 aromatic carbocycles. The first-order valence-corrected chi connectivity index (χ1v) is 30.5. The fraction of sp³-hybridized carbons (Fsp3) is 0.308. The summed E-state index contributed by atoms with van der Waals surface area (Å²) in [7, 11) is 0. The summed E-state index contributed by atoms with van der Waals surface area (Å²) in [5.74, 6) is 0. The van der Waals surface area contributed by atoms with E-state index < -0.39 is 0 Å². The molecular formula is C78H83BN4. The largest absolute Gasteiger partial charge is 0.311 e. The number of rotatable bonds is 6. The van der Waals surface area contributed by atoms with Crippen molar-refractivity contribution in [2.75, 3.05) is 14.7 Å². The van der Waals surface area contributed by atoms with E-state index in [2.05, 4.69) is 318 Å². The number of nitrogens with zero attached hydrogens (tertiary/aromatic N) is 4. The van der Waals surface area contributed by atoms with Crippen LogP contribution in [-0.2, 0) is 32.5 Å². The van der Waals surface area contributed by atoms with Gasteiger partial charge in [0.15, 0.2) is 0 Å². The SMILES string of the molecule is CC(C)(C)c1ccc(N(c2ccc3c(c2)N(c2ccc4c(c2)C(C)(C)CCC4(C)C)c2cc(C(C)(C)C)cc4c2B3c2cc(C(C)(C)C)ccc2N4c2ccc(C(C)(C)C)cc2)c2ccc3c4ccccc4n(-c4ccccc4)c3c2)cc1. The van der Waals surface area contributed by atoms with E-state index in [9.17, 15) is 0 Å². The van der Waals surface area contributed by atoms with E-state index in [0.717, 1.165) is 35.6 Å². The maximum absolute atomic E-state index is 2.68. The Morgan fingerprint density at radius 3 is 1.52 bits per heavy atom. The third kappa shape index (κ3) is 9.11. The van der Waals surface area contributed by atoms with E-state index in [-0.39, 0.29) is 39.2 Å². The normalized spacial score (nSPS) is 15.5. The molecular weight excluding hydrogens is 1000 g/mol. The molecule has 4 nitrogen and oxygen atoms in total. The molecule has 0 bridgehead atoms. The molecule has 3 aliphatic rings. The van der Waals surface area contributed by atoms with Crippen molar-refractivity contribution in [1.29, 1.82) is 0 Å². The number of para-hydroxylation sites is 2. The number of benzene rings is 9. The summed E-state index contributed by atoms with van der Waals surface area (Å²) in [5, 5.41) is 2.48. The molecule has 0 atom stereocenters. The molecule has 418 valence electrons. The smallest absolute Gasteiger partial charge is 0.252 e. The molecule has 0 fully saturated rings. The van der Waals surface area contributed by atoms with Crippen LogP contribution in [0.1, 0.15) is 157 Å². The predicted molar refractivity (Wildman–Crippen MR) is 360 cm³/mol. The second kappa shape index (κ2) is 18.9. The van der Waals surface area contributed by atoms with Gasteiger partial charge in [-0.3, -0.25) is 0 Å². The molecule has 2 aliphatic heterocycles. The van der Waals surface area contributed by atoms with Crippen molar-refractivity contribution in [2.45, 2.75) is 156 Å². The minimum Gasteiger partial charge on any atom is -0.311 e. The van der Waals surface area contributed by atoms with Gasteiger partial charge in [-0.1, -0.05) is 202 Å². The average Bonchev–Trinajstić information content (AvgIpc) is 2.34. The maximum Gasteiger partial charge on any atom is 0.252 e. The number of anilines is 9. The van der Waals surface area contributed by atoms with Gasteiger partial charge >= 0.3 is 0 Å². The van der Waals surface area contributed by atoms with Crippen molar-refractivity contribution >= 4 is 96.1 Å². The molecule has 1 aromatic heterocycles. The third-order valence-electron chi connectivity index (χ3n) is 19.1. The van der Waals surface area contributed by atoms with Gasteiger partial charge in [-0.05, 0) is 192 Å². The standard InChI is InChI=1S/C78H83BN4/c1-73(2,3)50-26-31-55(32-27-50)80(58-35-38-61-60-24-20-21-25-66(60)81(68(61)48-58)54-22-18-17-19-23-54)59-37-40-64-69(49-59)83(57-36-39-62-63(47-57)78(15,16)43-42-77(62,13)14)71-46-53(76(10,11)12)45-70-72(71)79(64)65-44-52(75(7,8)9)30-41-67(65)82(70)56-33-28-51(29-34-56)74(4,5)6/h17-41,44-49H,42-43H2,1-16H3. The molecule has 10 aromatic rings. The van der Waals surface area contributed by atoms with Crippen LogP contribution in [0.25, 0.3) is 27.5 Å². The lowest BCUT2D eigenvalue weighted by Crippen LogP contribution is -2.61. The summed E-state index contributed by atoms with van der Waals surface area (Å²) >= 11 is 0. The van der Waals surface area contributed by atoms with Crippen LogP contribution in [0.4, 0.5) is 51.2 Å². The van der Waals surface area contributed by atoms with Crippen LogP contribution >= 0.6 is 0 Å². The van der Waals surface area contributed by atoms with Crippen LogP contribution in [0.5, 0.6) is 0 Å². The first-order valence-electron chi connectivity index (χ1n) is 30.5. The summed E-state index contributed by atoms with van der Waals surface area (Å²) in [5.41, 5.74) is 26.2. The summed E-state index contributed by atoms with van der Waals surface area (Å²) in [6.07, 6.45) is 2.30. The highest BCUT2D eigenvalue weighted by atomic mass is 15.2. The van der Waals surface area contributed by atoms with Gasteiger partial charge in [-0.15, -0.1) is 0 Å². The van der Waals surface area contributed by atoms with Crippen molar-refractivity contribution in [2.24, 2.45) is 0 Å². The number of aromatic nitrogens is 1. The van der Waals surface area contributed by atoms with Crippen LogP contribution < -0.4 is 31.1 Å². The highest BCUT2D eigenvalue weighted by Crippen LogP contribution is 2.52. The highest BCUT2D eigenvalue weighted by Gasteiger charge is 2.46. The molecule has 0 N–H and O–H groups in total. The first kappa shape index (κ1) is 54.5. The lowest BCUT2D eigenvalue weighted by atomic mass is 9.33. The van der Waals surface area contributed by atoms with E-state index in [1.807, 2.05) is 0 Å². The number of hydrogen-bond acceptors (Lipinski definition) is 3. The zero-order valence-electron chi connectivity index (χ0n) is 52.2. The van der Waals surface area contributed by atoms with Crippen molar-refractivity contribution in [3.8, 4) is 5.69 Å². The topological polar surface area (TPSA) is 14.7 Å². The van der Waals surface area contributed by atoms with Gasteiger partial charge < -0.3 is 19.3 Å².